The summed E-state index contributed by atoms with van der Waals surface area (Å²) < 4.78 is 32.0. The Hall–Kier alpha value is -2.15. The maximum atomic E-state index is 12.8. The maximum absolute atomic E-state index is 12.8. The molecule has 2 heterocycles. The number of nitrogens with one attached hydrogen (secondary N) is 2. The highest BCUT2D eigenvalue weighted by Gasteiger charge is 2.26. The van der Waals surface area contributed by atoms with Crippen LogP contribution >= 0.6 is 24.0 Å². The van der Waals surface area contributed by atoms with Crippen molar-refractivity contribution in [2.75, 3.05) is 45.2 Å². The zero-order chi connectivity index (χ0) is 23.1. The van der Waals surface area contributed by atoms with Gasteiger partial charge in [-0.1, -0.05) is 12.1 Å². The van der Waals surface area contributed by atoms with Gasteiger partial charge in [-0.2, -0.15) is 13.9 Å². The van der Waals surface area contributed by atoms with Gasteiger partial charge in [0.25, 0.3) is 0 Å². The van der Waals surface area contributed by atoms with Gasteiger partial charge in [0, 0.05) is 44.5 Å². The third-order valence-corrected chi connectivity index (χ3v) is 5.45. The molecule has 8 nitrogen and oxygen atoms in total. The van der Waals surface area contributed by atoms with E-state index >= 15 is 0 Å². The van der Waals surface area contributed by atoms with Crippen molar-refractivity contribution in [1.29, 1.82) is 0 Å². The first kappa shape index (κ1) is 27.1. The number of para-hydroxylation sites is 2. The van der Waals surface area contributed by atoms with Crippen LogP contribution in [0.5, 0.6) is 5.75 Å². The van der Waals surface area contributed by atoms with Crippen LogP contribution in [0.15, 0.2) is 41.7 Å². The van der Waals surface area contributed by atoms with Gasteiger partial charge < -0.3 is 25.2 Å². The van der Waals surface area contributed by atoms with E-state index in [1.54, 1.807) is 16.8 Å². The highest BCUT2D eigenvalue weighted by atomic mass is 127. The summed E-state index contributed by atoms with van der Waals surface area (Å²) in [6.07, 6.45) is 4.75. The minimum atomic E-state index is -2.84. The van der Waals surface area contributed by atoms with E-state index in [0.29, 0.717) is 18.8 Å². The third kappa shape index (κ3) is 7.70. The number of aryl methyl sites for hydroxylation is 1. The normalized spacial score (nSPS) is 17.3. The first-order valence-corrected chi connectivity index (χ1v) is 10.9. The highest BCUT2D eigenvalue weighted by molar-refractivity contribution is 14.0. The molecule has 2 atom stereocenters. The number of aromatic nitrogens is 2. The molecule has 0 spiro atoms. The van der Waals surface area contributed by atoms with Gasteiger partial charge in [0.1, 0.15) is 5.75 Å². The molecular weight excluding hydrogens is 543 g/mol. The van der Waals surface area contributed by atoms with Crippen LogP contribution in [-0.4, -0.2) is 73.6 Å². The van der Waals surface area contributed by atoms with Gasteiger partial charge in [-0.05, 0) is 39.6 Å². The lowest BCUT2D eigenvalue weighted by atomic mass is 10.1. The van der Waals surface area contributed by atoms with Crippen LogP contribution in [0.2, 0.25) is 0 Å². The Balaban J connectivity index is 0.00000385. The van der Waals surface area contributed by atoms with E-state index in [2.05, 4.69) is 25.5 Å². The fourth-order valence-electron chi connectivity index (χ4n) is 3.88. The van der Waals surface area contributed by atoms with E-state index in [0.717, 1.165) is 31.0 Å². The van der Waals surface area contributed by atoms with Gasteiger partial charge in [0.05, 0.1) is 24.5 Å². The number of likely N-dealkylation sites (N-methyl/N-ethyl adjacent to an activating group) is 1. The molecule has 1 fully saturated rings. The molecule has 0 saturated carbocycles. The summed E-state index contributed by atoms with van der Waals surface area (Å²) in [4.78, 5) is 9.01. The topological polar surface area (TPSA) is 70.0 Å². The fourth-order valence-corrected chi connectivity index (χ4v) is 3.88. The van der Waals surface area contributed by atoms with Crippen LogP contribution in [0.25, 0.3) is 0 Å². The molecule has 1 aromatic heterocycles. The first-order chi connectivity index (χ1) is 15.4. The van der Waals surface area contributed by atoms with Gasteiger partial charge in [-0.15, -0.1) is 24.0 Å². The van der Waals surface area contributed by atoms with Gasteiger partial charge in [0.2, 0.25) is 0 Å². The first-order valence-electron chi connectivity index (χ1n) is 10.9. The number of benzene rings is 1. The van der Waals surface area contributed by atoms with Crippen molar-refractivity contribution in [3.63, 3.8) is 0 Å². The second-order valence-electron chi connectivity index (χ2n) is 8.07. The van der Waals surface area contributed by atoms with Gasteiger partial charge in [0.15, 0.2) is 5.96 Å². The van der Waals surface area contributed by atoms with E-state index in [1.807, 2.05) is 52.6 Å². The zero-order valence-electron chi connectivity index (χ0n) is 19.5. The van der Waals surface area contributed by atoms with E-state index < -0.39 is 6.61 Å². The van der Waals surface area contributed by atoms with Crippen LogP contribution in [0.4, 0.5) is 14.5 Å². The Bertz CT molecular complexity index is 893. The molecule has 2 unspecified atom stereocenters. The second kappa shape index (κ2) is 12.9. The smallest absolute Gasteiger partial charge is 0.387 e. The zero-order valence-corrected chi connectivity index (χ0v) is 21.9. The molecule has 1 saturated heterocycles. The number of ether oxygens (including phenoxy) is 1. The van der Waals surface area contributed by atoms with Gasteiger partial charge >= 0.3 is 6.61 Å². The number of anilines is 1. The number of nitrogens with zero attached hydrogens (tertiary/aromatic N) is 5. The maximum Gasteiger partial charge on any atom is 0.387 e. The predicted molar refractivity (Wildman–Crippen MR) is 138 cm³/mol. The molecule has 33 heavy (non-hydrogen) atoms. The van der Waals surface area contributed by atoms with E-state index in [9.17, 15) is 8.78 Å². The van der Waals surface area contributed by atoms with Crippen molar-refractivity contribution in [2.45, 2.75) is 32.0 Å². The van der Waals surface area contributed by atoms with Crippen LogP contribution in [0.3, 0.4) is 0 Å². The Morgan fingerprint density at radius 3 is 2.73 bits per heavy atom. The number of aliphatic imine (C=N–C) groups is 1. The molecule has 1 aromatic carbocycles. The lowest BCUT2D eigenvalue weighted by Gasteiger charge is -2.24. The summed E-state index contributed by atoms with van der Waals surface area (Å²) in [5.41, 5.74) is 1.79. The summed E-state index contributed by atoms with van der Waals surface area (Å²) in [5, 5.41) is 11.1. The predicted octanol–water partition coefficient (Wildman–Crippen LogP) is 3.08. The van der Waals surface area contributed by atoms with Crippen LogP contribution < -0.4 is 20.3 Å². The Morgan fingerprint density at radius 2 is 2.09 bits per heavy atom. The molecule has 2 aromatic rings. The standard InChI is InChI=1S/C22H33F2N7O.HI/c1-5-25-22(26-13-19(29(2)3)16-12-27-30(4)14-16)28-17-10-11-31(15-17)18-8-6-7-9-20(18)32-21(23)24;/h6-9,12,14,17,19,21H,5,10-11,13,15H2,1-4H3,(H2,25,26,28);1H. The molecule has 1 aliphatic heterocycles. The largest absolute Gasteiger partial charge is 0.433 e. The number of alkyl halides is 2. The Morgan fingerprint density at radius 1 is 1.33 bits per heavy atom. The second-order valence-corrected chi connectivity index (χ2v) is 8.07. The van der Waals surface area contributed by atoms with Crippen LogP contribution in [0.1, 0.15) is 24.9 Å². The summed E-state index contributed by atoms with van der Waals surface area (Å²) in [6, 6.07) is 7.18. The van der Waals surface area contributed by atoms with E-state index in [1.165, 1.54) is 0 Å². The van der Waals surface area contributed by atoms with Gasteiger partial charge in [-0.3, -0.25) is 9.67 Å². The molecule has 184 valence electrons. The van der Waals surface area contributed by atoms with Crippen LogP contribution in [0, 0.1) is 0 Å². The van der Waals surface area contributed by atoms with Crippen molar-refractivity contribution < 1.29 is 13.5 Å². The molecule has 0 radical (unpaired) electrons. The summed E-state index contributed by atoms with van der Waals surface area (Å²) in [5.74, 6) is 0.946. The summed E-state index contributed by atoms with van der Waals surface area (Å²) in [7, 11) is 5.96. The number of halogens is 3. The van der Waals surface area contributed by atoms with E-state index in [4.69, 9.17) is 9.73 Å². The van der Waals surface area contributed by atoms with Crippen LogP contribution in [-0.2, 0) is 7.05 Å². The fraction of sp³-hybridized carbons (Fsp3) is 0.545. The summed E-state index contributed by atoms with van der Waals surface area (Å²) in [6.45, 7) is 1.93. The average Bonchev–Trinajstić information content (AvgIpc) is 3.37. The lowest BCUT2D eigenvalue weighted by Crippen LogP contribution is -2.45. The molecule has 2 N–H and O–H groups in total. The lowest BCUT2D eigenvalue weighted by molar-refractivity contribution is -0.0495. The van der Waals surface area contributed by atoms with Crippen molar-refractivity contribution in [3.8, 4) is 5.75 Å². The number of guanidine groups is 1. The van der Waals surface area contributed by atoms with Crippen molar-refractivity contribution in [2.24, 2.45) is 12.0 Å². The molecule has 0 bridgehead atoms. The minimum Gasteiger partial charge on any atom is -0.433 e. The molecule has 1 aliphatic rings. The number of rotatable bonds is 9. The monoisotopic (exact) mass is 577 g/mol. The van der Waals surface area contributed by atoms with E-state index in [-0.39, 0.29) is 41.8 Å². The summed E-state index contributed by atoms with van der Waals surface area (Å²) >= 11 is 0. The molecular formula is C22H34F2IN7O. The molecule has 3 rings (SSSR count). The third-order valence-electron chi connectivity index (χ3n) is 5.45. The quantitative estimate of drug-likeness (QED) is 0.272. The van der Waals surface area contributed by atoms with Crippen molar-refractivity contribution >= 4 is 35.6 Å². The molecule has 11 heteroatoms. The number of hydrogen-bond donors (Lipinski definition) is 2. The minimum absolute atomic E-state index is 0. The Kier molecular flexibility index (Phi) is 10.6. The molecule has 0 amide bonds. The SMILES string of the molecule is CCNC(=NCC(c1cnn(C)c1)N(C)C)NC1CCN(c2ccccc2OC(F)F)C1.I. The Labute approximate surface area is 211 Å². The van der Waals surface area contributed by atoms with Gasteiger partial charge in [-0.25, -0.2) is 0 Å². The van der Waals surface area contributed by atoms with Crippen molar-refractivity contribution in [3.05, 3.63) is 42.2 Å². The number of hydrogen-bond acceptors (Lipinski definition) is 5. The van der Waals surface area contributed by atoms with Crippen molar-refractivity contribution in [1.82, 2.24) is 25.3 Å². The molecule has 0 aliphatic carbocycles. The average molecular weight is 577 g/mol. The highest BCUT2D eigenvalue weighted by Crippen LogP contribution is 2.31.